The molecule has 1 aromatic carbocycles. The molecule has 21 heavy (non-hydrogen) atoms. The molecule has 0 saturated carbocycles. The van der Waals surface area contributed by atoms with Crippen molar-refractivity contribution in [2.75, 3.05) is 11.6 Å². The average molecular weight is 306 g/mol. The van der Waals surface area contributed by atoms with Crippen molar-refractivity contribution < 1.29 is 13.2 Å². The molecule has 0 atom stereocenters. The lowest BCUT2D eigenvalue weighted by Crippen LogP contribution is -2.21. The maximum atomic E-state index is 12.0. The molecule has 0 aliphatic rings. The van der Waals surface area contributed by atoms with Crippen molar-refractivity contribution >= 4 is 21.4 Å². The van der Waals surface area contributed by atoms with Crippen LogP contribution in [0.25, 0.3) is 0 Å². The van der Waals surface area contributed by atoms with Gasteiger partial charge < -0.3 is 10.3 Å². The number of aryl methyl sites for hydroxylation is 1. The predicted octanol–water partition coefficient (Wildman–Crippen LogP) is 1.34. The van der Waals surface area contributed by atoms with Crippen molar-refractivity contribution in [3.8, 4) is 0 Å². The standard InChI is InChI=1S/C14H14N2O4S/c1-9-6-13(17)12(8-15-9)14(18)16-10-4-3-5-11(7-10)21(2,19)20/h3-8H,1-2H3,(H,15,17)(H,16,18). The summed E-state index contributed by atoms with van der Waals surface area (Å²) < 4.78 is 22.9. The molecule has 0 radical (unpaired) electrons. The molecular weight excluding hydrogens is 292 g/mol. The van der Waals surface area contributed by atoms with Gasteiger partial charge in [-0.25, -0.2) is 8.42 Å². The average Bonchev–Trinajstić information content (AvgIpc) is 2.37. The second kappa shape index (κ2) is 5.53. The van der Waals surface area contributed by atoms with Crippen LogP contribution in [-0.4, -0.2) is 25.6 Å². The van der Waals surface area contributed by atoms with E-state index in [0.29, 0.717) is 11.4 Å². The summed E-state index contributed by atoms with van der Waals surface area (Å²) in [5.74, 6) is -0.595. The zero-order chi connectivity index (χ0) is 15.6. The van der Waals surface area contributed by atoms with Crippen LogP contribution in [0, 0.1) is 6.92 Å². The third-order valence-corrected chi connectivity index (χ3v) is 3.93. The third kappa shape index (κ3) is 3.57. The highest BCUT2D eigenvalue weighted by molar-refractivity contribution is 7.90. The van der Waals surface area contributed by atoms with Gasteiger partial charge in [0, 0.05) is 29.9 Å². The molecular formula is C14H14N2O4S. The first-order chi connectivity index (χ1) is 9.77. The molecule has 2 aromatic rings. The lowest BCUT2D eigenvalue weighted by molar-refractivity contribution is 0.102. The van der Waals surface area contributed by atoms with Gasteiger partial charge in [0.2, 0.25) is 0 Å². The van der Waals surface area contributed by atoms with Gasteiger partial charge in [0.1, 0.15) is 5.56 Å². The second-order valence-corrected chi connectivity index (χ2v) is 6.66. The number of H-pyrrole nitrogens is 1. The minimum Gasteiger partial charge on any atom is -0.364 e. The minimum atomic E-state index is -3.36. The van der Waals surface area contributed by atoms with E-state index in [4.69, 9.17) is 0 Å². The molecule has 2 rings (SSSR count). The summed E-state index contributed by atoms with van der Waals surface area (Å²) in [5, 5.41) is 2.51. The van der Waals surface area contributed by atoms with Crippen LogP contribution in [0.3, 0.4) is 0 Å². The number of aromatic amines is 1. The highest BCUT2D eigenvalue weighted by atomic mass is 32.2. The van der Waals surface area contributed by atoms with Gasteiger partial charge in [0.25, 0.3) is 5.91 Å². The fourth-order valence-electron chi connectivity index (χ4n) is 1.75. The monoisotopic (exact) mass is 306 g/mol. The summed E-state index contributed by atoms with van der Waals surface area (Å²) in [7, 11) is -3.36. The Morgan fingerprint density at radius 3 is 2.57 bits per heavy atom. The number of sulfone groups is 1. The Morgan fingerprint density at radius 1 is 1.24 bits per heavy atom. The Bertz CT molecular complexity index is 853. The van der Waals surface area contributed by atoms with E-state index in [0.717, 1.165) is 6.26 Å². The highest BCUT2D eigenvalue weighted by Gasteiger charge is 2.12. The van der Waals surface area contributed by atoms with Crippen LogP contribution in [-0.2, 0) is 9.84 Å². The van der Waals surface area contributed by atoms with Crippen molar-refractivity contribution in [3.05, 3.63) is 58.0 Å². The SMILES string of the molecule is Cc1cc(=O)c(C(=O)Nc2cccc(S(C)(=O)=O)c2)c[nH]1. The van der Waals surface area contributed by atoms with E-state index in [1.54, 1.807) is 13.0 Å². The molecule has 0 spiro atoms. The molecule has 1 amide bonds. The van der Waals surface area contributed by atoms with Crippen LogP contribution >= 0.6 is 0 Å². The molecule has 0 aliphatic carbocycles. The molecule has 0 aliphatic heterocycles. The van der Waals surface area contributed by atoms with Gasteiger partial charge in [0.15, 0.2) is 15.3 Å². The summed E-state index contributed by atoms with van der Waals surface area (Å²) in [6, 6.07) is 7.17. The molecule has 7 heteroatoms. The molecule has 6 nitrogen and oxygen atoms in total. The highest BCUT2D eigenvalue weighted by Crippen LogP contribution is 2.15. The van der Waals surface area contributed by atoms with E-state index in [-0.39, 0.29) is 10.5 Å². The van der Waals surface area contributed by atoms with E-state index >= 15 is 0 Å². The lowest BCUT2D eigenvalue weighted by Gasteiger charge is -2.06. The zero-order valence-electron chi connectivity index (χ0n) is 11.5. The van der Waals surface area contributed by atoms with Crippen molar-refractivity contribution in [2.24, 2.45) is 0 Å². The van der Waals surface area contributed by atoms with Crippen molar-refractivity contribution in [1.82, 2.24) is 4.98 Å². The van der Waals surface area contributed by atoms with Crippen LogP contribution < -0.4 is 10.7 Å². The maximum absolute atomic E-state index is 12.0. The van der Waals surface area contributed by atoms with Crippen molar-refractivity contribution in [3.63, 3.8) is 0 Å². The summed E-state index contributed by atoms with van der Waals surface area (Å²) in [6.45, 7) is 1.71. The molecule has 2 N–H and O–H groups in total. The van der Waals surface area contributed by atoms with Gasteiger partial charge in [0.05, 0.1) is 4.90 Å². The Balaban J connectivity index is 2.30. The minimum absolute atomic E-state index is 0.0367. The van der Waals surface area contributed by atoms with E-state index in [9.17, 15) is 18.0 Å². The fraction of sp³-hybridized carbons (Fsp3) is 0.143. The number of hydrogen-bond acceptors (Lipinski definition) is 4. The number of rotatable bonds is 3. The van der Waals surface area contributed by atoms with E-state index in [1.165, 1.54) is 30.5 Å². The quantitative estimate of drug-likeness (QED) is 0.894. The Hall–Kier alpha value is -2.41. The number of carbonyl (C=O) groups excluding carboxylic acids is 1. The summed E-state index contributed by atoms with van der Waals surface area (Å²) >= 11 is 0. The van der Waals surface area contributed by atoms with E-state index in [1.807, 2.05) is 0 Å². The molecule has 1 aromatic heterocycles. The van der Waals surface area contributed by atoms with E-state index < -0.39 is 21.2 Å². The summed E-state index contributed by atoms with van der Waals surface area (Å²) in [6.07, 6.45) is 2.41. The number of amides is 1. The molecule has 0 bridgehead atoms. The first kappa shape index (κ1) is 15.0. The molecule has 0 fully saturated rings. The third-order valence-electron chi connectivity index (χ3n) is 2.82. The van der Waals surface area contributed by atoms with Gasteiger partial charge in [-0.05, 0) is 25.1 Å². The van der Waals surface area contributed by atoms with Crippen LogP contribution in [0.2, 0.25) is 0 Å². The first-order valence-electron chi connectivity index (χ1n) is 6.08. The van der Waals surface area contributed by atoms with Crippen LogP contribution in [0.15, 0.2) is 46.2 Å². The number of benzene rings is 1. The van der Waals surface area contributed by atoms with Gasteiger partial charge in [-0.1, -0.05) is 6.07 Å². The Kier molecular flexibility index (Phi) is 3.95. The number of aromatic nitrogens is 1. The number of pyridine rings is 1. The fourth-order valence-corrected chi connectivity index (χ4v) is 2.42. The van der Waals surface area contributed by atoms with E-state index in [2.05, 4.69) is 10.3 Å². The number of anilines is 1. The van der Waals surface area contributed by atoms with Gasteiger partial charge >= 0.3 is 0 Å². The molecule has 110 valence electrons. The second-order valence-electron chi connectivity index (χ2n) is 4.65. The lowest BCUT2D eigenvalue weighted by atomic mass is 10.2. The zero-order valence-corrected chi connectivity index (χ0v) is 12.3. The molecule has 1 heterocycles. The Morgan fingerprint density at radius 2 is 1.95 bits per heavy atom. The van der Waals surface area contributed by atoms with Crippen LogP contribution in [0.1, 0.15) is 16.1 Å². The van der Waals surface area contributed by atoms with Gasteiger partial charge in [-0.15, -0.1) is 0 Å². The normalized spacial score (nSPS) is 11.1. The van der Waals surface area contributed by atoms with Crippen LogP contribution in [0.5, 0.6) is 0 Å². The summed E-state index contributed by atoms with van der Waals surface area (Å²) in [5.41, 5.74) is 0.520. The largest absolute Gasteiger partial charge is 0.364 e. The first-order valence-corrected chi connectivity index (χ1v) is 7.97. The van der Waals surface area contributed by atoms with Crippen molar-refractivity contribution in [1.29, 1.82) is 0 Å². The number of carbonyl (C=O) groups is 1. The number of nitrogens with one attached hydrogen (secondary N) is 2. The molecule has 0 saturated heterocycles. The van der Waals surface area contributed by atoms with Crippen LogP contribution in [0.4, 0.5) is 5.69 Å². The maximum Gasteiger partial charge on any atom is 0.261 e. The Labute approximate surface area is 121 Å². The van der Waals surface area contributed by atoms with Gasteiger partial charge in [-0.2, -0.15) is 0 Å². The molecule has 0 unspecified atom stereocenters. The predicted molar refractivity (Wildman–Crippen MR) is 79.3 cm³/mol. The topological polar surface area (TPSA) is 96.1 Å². The van der Waals surface area contributed by atoms with Crippen molar-refractivity contribution in [2.45, 2.75) is 11.8 Å². The smallest absolute Gasteiger partial charge is 0.261 e. The van der Waals surface area contributed by atoms with Gasteiger partial charge in [-0.3, -0.25) is 9.59 Å². The summed E-state index contributed by atoms with van der Waals surface area (Å²) in [4.78, 5) is 26.6. The number of hydrogen-bond donors (Lipinski definition) is 2.